The first-order chi connectivity index (χ1) is 8.54. The molecule has 2 aliphatic rings. The largest absolute Gasteiger partial charge is 0.390 e. The fourth-order valence-corrected chi connectivity index (χ4v) is 3.39. The lowest BCUT2D eigenvalue weighted by atomic mass is 9.88. The second kappa shape index (κ2) is 4.27. The lowest BCUT2D eigenvalue weighted by Crippen LogP contribution is -2.47. The van der Waals surface area contributed by atoms with E-state index in [-0.39, 0.29) is 0 Å². The predicted molar refractivity (Wildman–Crippen MR) is 75.0 cm³/mol. The zero-order valence-corrected chi connectivity index (χ0v) is 11.4. The van der Waals surface area contributed by atoms with Gasteiger partial charge in [-0.05, 0) is 57.6 Å². The molecule has 1 N–H and O–H groups in total. The number of rotatable bonds is 3. The summed E-state index contributed by atoms with van der Waals surface area (Å²) in [5.41, 5.74) is 2.30. The van der Waals surface area contributed by atoms with Gasteiger partial charge in [0.1, 0.15) is 0 Å². The van der Waals surface area contributed by atoms with E-state index in [1.54, 1.807) is 0 Å². The molecule has 2 nitrogen and oxygen atoms in total. The molecule has 1 aliphatic carbocycles. The van der Waals surface area contributed by atoms with E-state index < -0.39 is 5.60 Å². The lowest BCUT2D eigenvalue weighted by Gasteiger charge is -2.42. The van der Waals surface area contributed by atoms with E-state index in [4.69, 9.17) is 0 Å². The fourth-order valence-electron chi connectivity index (χ4n) is 3.39. The minimum absolute atomic E-state index is 0.479. The molecule has 0 aromatic heterocycles. The Kier molecular flexibility index (Phi) is 2.86. The van der Waals surface area contributed by atoms with Gasteiger partial charge in [0.25, 0.3) is 0 Å². The van der Waals surface area contributed by atoms with Crippen LogP contribution in [0.2, 0.25) is 0 Å². The molecule has 1 heterocycles. The van der Waals surface area contributed by atoms with Crippen molar-refractivity contribution >= 4 is 5.69 Å². The van der Waals surface area contributed by atoms with Crippen molar-refractivity contribution in [3.05, 3.63) is 29.8 Å². The van der Waals surface area contributed by atoms with Crippen molar-refractivity contribution in [2.45, 2.75) is 63.6 Å². The first-order valence-corrected chi connectivity index (χ1v) is 7.13. The SMILES string of the molecule is CC(C)(O)CC1Cc2ccccc2N1C1CCC1. The Morgan fingerprint density at radius 3 is 2.61 bits per heavy atom. The zero-order valence-electron chi connectivity index (χ0n) is 11.4. The summed E-state index contributed by atoms with van der Waals surface area (Å²) in [4.78, 5) is 2.59. The van der Waals surface area contributed by atoms with Crippen molar-refractivity contribution in [1.29, 1.82) is 0 Å². The van der Waals surface area contributed by atoms with E-state index in [0.717, 1.165) is 12.8 Å². The zero-order chi connectivity index (χ0) is 12.8. The number of anilines is 1. The number of para-hydroxylation sites is 1. The average Bonchev–Trinajstić information content (AvgIpc) is 2.52. The third-order valence-corrected chi connectivity index (χ3v) is 4.32. The van der Waals surface area contributed by atoms with Gasteiger partial charge in [-0.3, -0.25) is 0 Å². The van der Waals surface area contributed by atoms with Gasteiger partial charge in [0, 0.05) is 17.8 Å². The van der Waals surface area contributed by atoms with E-state index in [0.29, 0.717) is 12.1 Å². The van der Waals surface area contributed by atoms with Crippen LogP contribution in [0, 0.1) is 0 Å². The molecule has 1 atom stereocenters. The topological polar surface area (TPSA) is 23.5 Å². The number of hydrogen-bond donors (Lipinski definition) is 1. The molecule has 98 valence electrons. The molecule has 1 aromatic carbocycles. The van der Waals surface area contributed by atoms with E-state index >= 15 is 0 Å². The Balaban J connectivity index is 1.87. The molecule has 1 aliphatic heterocycles. The van der Waals surface area contributed by atoms with Crippen LogP contribution < -0.4 is 4.90 Å². The van der Waals surface area contributed by atoms with Crippen molar-refractivity contribution in [3.63, 3.8) is 0 Å². The predicted octanol–water partition coefficient (Wildman–Crippen LogP) is 3.13. The van der Waals surface area contributed by atoms with Crippen LogP contribution in [-0.2, 0) is 6.42 Å². The van der Waals surface area contributed by atoms with Crippen LogP contribution in [0.3, 0.4) is 0 Å². The molecule has 0 saturated heterocycles. The minimum atomic E-state index is -0.575. The Morgan fingerprint density at radius 2 is 2.00 bits per heavy atom. The average molecular weight is 245 g/mol. The third kappa shape index (κ3) is 2.14. The standard InChI is InChI=1S/C16H23NO/c1-16(2,18)11-14-10-12-6-3-4-9-15(12)17(14)13-7-5-8-13/h3-4,6,9,13-14,18H,5,7-8,10-11H2,1-2H3. The van der Waals surface area contributed by atoms with Crippen LogP contribution in [0.5, 0.6) is 0 Å². The van der Waals surface area contributed by atoms with Gasteiger partial charge in [-0.1, -0.05) is 18.2 Å². The van der Waals surface area contributed by atoms with Crippen LogP contribution in [0.4, 0.5) is 5.69 Å². The Labute approximate surface area is 110 Å². The highest BCUT2D eigenvalue weighted by Gasteiger charge is 2.38. The summed E-state index contributed by atoms with van der Waals surface area (Å²) in [6.07, 6.45) is 5.95. The molecule has 18 heavy (non-hydrogen) atoms. The molecule has 0 amide bonds. The van der Waals surface area contributed by atoms with Crippen molar-refractivity contribution < 1.29 is 5.11 Å². The van der Waals surface area contributed by atoms with Gasteiger partial charge >= 0.3 is 0 Å². The third-order valence-electron chi connectivity index (χ3n) is 4.32. The normalized spacial score (nSPS) is 23.9. The Hall–Kier alpha value is -1.02. The molecular formula is C16H23NO. The monoisotopic (exact) mass is 245 g/mol. The van der Waals surface area contributed by atoms with Crippen molar-refractivity contribution in [1.82, 2.24) is 0 Å². The van der Waals surface area contributed by atoms with Crippen LogP contribution >= 0.6 is 0 Å². The number of aliphatic hydroxyl groups is 1. The molecule has 0 spiro atoms. The van der Waals surface area contributed by atoms with Crippen molar-refractivity contribution in [3.8, 4) is 0 Å². The molecule has 3 rings (SSSR count). The highest BCUT2D eigenvalue weighted by molar-refractivity contribution is 5.60. The molecule has 0 bridgehead atoms. The molecule has 2 heteroatoms. The molecule has 1 fully saturated rings. The van der Waals surface area contributed by atoms with Crippen LogP contribution in [0.1, 0.15) is 45.1 Å². The molecule has 1 aromatic rings. The number of benzene rings is 1. The van der Waals surface area contributed by atoms with Crippen molar-refractivity contribution in [2.75, 3.05) is 4.90 Å². The summed E-state index contributed by atoms with van der Waals surface area (Å²) in [5, 5.41) is 10.1. The summed E-state index contributed by atoms with van der Waals surface area (Å²) >= 11 is 0. The molecular weight excluding hydrogens is 222 g/mol. The number of hydrogen-bond acceptors (Lipinski definition) is 2. The summed E-state index contributed by atoms with van der Waals surface area (Å²) in [7, 11) is 0. The van der Waals surface area contributed by atoms with E-state index in [1.807, 2.05) is 13.8 Å². The quantitative estimate of drug-likeness (QED) is 0.884. The Bertz CT molecular complexity index is 431. The van der Waals surface area contributed by atoms with Crippen LogP contribution in [-0.4, -0.2) is 22.8 Å². The van der Waals surface area contributed by atoms with Crippen LogP contribution in [0.25, 0.3) is 0 Å². The first-order valence-electron chi connectivity index (χ1n) is 7.13. The minimum Gasteiger partial charge on any atom is -0.390 e. The van der Waals surface area contributed by atoms with Gasteiger partial charge in [0.2, 0.25) is 0 Å². The maximum absolute atomic E-state index is 10.1. The van der Waals surface area contributed by atoms with Crippen molar-refractivity contribution in [2.24, 2.45) is 0 Å². The molecule has 0 radical (unpaired) electrons. The molecule has 1 unspecified atom stereocenters. The first kappa shape index (κ1) is 12.0. The van der Waals surface area contributed by atoms with E-state index in [1.165, 1.54) is 30.5 Å². The number of nitrogens with zero attached hydrogens (tertiary/aromatic N) is 1. The smallest absolute Gasteiger partial charge is 0.0611 e. The van der Waals surface area contributed by atoms with Gasteiger partial charge in [-0.15, -0.1) is 0 Å². The fraction of sp³-hybridized carbons (Fsp3) is 0.625. The maximum Gasteiger partial charge on any atom is 0.0611 e. The Morgan fingerprint density at radius 1 is 1.28 bits per heavy atom. The second-order valence-corrected chi connectivity index (χ2v) is 6.50. The second-order valence-electron chi connectivity index (χ2n) is 6.50. The van der Waals surface area contributed by atoms with E-state index in [2.05, 4.69) is 29.2 Å². The molecule has 1 saturated carbocycles. The van der Waals surface area contributed by atoms with Gasteiger partial charge in [-0.2, -0.15) is 0 Å². The summed E-state index contributed by atoms with van der Waals surface area (Å²) < 4.78 is 0. The summed E-state index contributed by atoms with van der Waals surface area (Å²) in [6.45, 7) is 3.85. The van der Waals surface area contributed by atoms with Gasteiger partial charge in [0.05, 0.1) is 5.60 Å². The highest BCUT2D eigenvalue weighted by atomic mass is 16.3. The number of fused-ring (bicyclic) bond motifs is 1. The van der Waals surface area contributed by atoms with Gasteiger partial charge < -0.3 is 10.0 Å². The summed E-state index contributed by atoms with van der Waals surface area (Å²) in [5.74, 6) is 0. The van der Waals surface area contributed by atoms with Gasteiger partial charge in [-0.25, -0.2) is 0 Å². The summed E-state index contributed by atoms with van der Waals surface area (Å²) in [6, 6.07) is 9.94. The van der Waals surface area contributed by atoms with E-state index in [9.17, 15) is 5.11 Å². The van der Waals surface area contributed by atoms with Crippen LogP contribution in [0.15, 0.2) is 24.3 Å². The maximum atomic E-state index is 10.1. The highest BCUT2D eigenvalue weighted by Crippen LogP contribution is 2.41. The van der Waals surface area contributed by atoms with Gasteiger partial charge in [0.15, 0.2) is 0 Å². The lowest BCUT2D eigenvalue weighted by molar-refractivity contribution is 0.0617.